The Morgan fingerprint density at radius 2 is 1.71 bits per heavy atom. The predicted molar refractivity (Wildman–Crippen MR) is 88.0 cm³/mol. The van der Waals surface area contributed by atoms with Crippen LogP contribution in [-0.4, -0.2) is 38.8 Å². The van der Waals surface area contributed by atoms with E-state index in [0.29, 0.717) is 12.8 Å². The summed E-state index contributed by atoms with van der Waals surface area (Å²) < 4.78 is 10.1. The Morgan fingerprint density at radius 3 is 2.19 bits per heavy atom. The van der Waals surface area contributed by atoms with Gasteiger partial charge in [-0.2, -0.15) is 0 Å². The maximum absolute atomic E-state index is 12.1. The Labute approximate surface area is 137 Å². The molecule has 1 aromatic carbocycles. The van der Waals surface area contributed by atoms with Gasteiger partial charge in [0.25, 0.3) is 0 Å². The molecule has 2 N–H and O–H groups in total. The van der Waals surface area contributed by atoms with Gasteiger partial charge in [0.1, 0.15) is 11.3 Å². The quantitative estimate of drug-likeness (QED) is 0.826. The lowest BCUT2D eigenvalue weighted by atomic mass is 9.88. The molecule has 0 unspecified atom stereocenters. The van der Waals surface area contributed by atoms with E-state index in [1.807, 2.05) is 24.3 Å². The molecule has 1 heterocycles. The second-order valence-electron chi connectivity index (χ2n) is 4.68. The molecule has 1 saturated heterocycles. The maximum atomic E-state index is 12.1. The van der Waals surface area contributed by atoms with Gasteiger partial charge >= 0.3 is 5.97 Å². The van der Waals surface area contributed by atoms with Crippen molar-refractivity contribution in [3.05, 3.63) is 24.3 Å². The largest absolute Gasteiger partial charge is 0.497 e. The summed E-state index contributed by atoms with van der Waals surface area (Å²) in [5, 5.41) is 6.58. The number of piperidine rings is 1. The van der Waals surface area contributed by atoms with Gasteiger partial charge in [-0.05, 0) is 50.2 Å². The molecular weight excluding hydrogens is 315 g/mol. The number of rotatable bonds is 4. The molecule has 1 aromatic rings. The van der Waals surface area contributed by atoms with E-state index >= 15 is 0 Å². The molecule has 0 spiro atoms. The molecule has 0 radical (unpaired) electrons. The Bertz CT molecular complexity index is 434. The molecule has 0 aliphatic carbocycles. The summed E-state index contributed by atoms with van der Waals surface area (Å²) in [6.45, 7) is 1.61. The van der Waals surface area contributed by atoms with Crippen LogP contribution >= 0.6 is 24.8 Å². The van der Waals surface area contributed by atoms with Crippen LogP contribution < -0.4 is 15.4 Å². The molecule has 120 valence electrons. The average molecular weight is 337 g/mol. The average Bonchev–Trinajstić information content (AvgIpc) is 2.48. The molecule has 1 aliphatic rings. The molecule has 0 amide bonds. The number of nitrogens with one attached hydrogen (secondary N) is 2. The van der Waals surface area contributed by atoms with E-state index in [1.165, 1.54) is 7.11 Å². The van der Waals surface area contributed by atoms with Gasteiger partial charge in [0.05, 0.1) is 14.2 Å². The van der Waals surface area contributed by atoms with Crippen LogP contribution in [0.25, 0.3) is 0 Å². The molecule has 0 bridgehead atoms. The molecule has 0 aromatic heterocycles. The van der Waals surface area contributed by atoms with Gasteiger partial charge in [-0.3, -0.25) is 0 Å². The van der Waals surface area contributed by atoms with E-state index in [0.717, 1.165) is 24.5 Å². The van der Waals surface area contributed by atoms with E-state index in [2.05, 4.69) is 10.6 Å². The zero-order chi connectivity index (χ0) is 13.7. The number of hydrogen-bond donors (Lipinski definition) is 2. The normalized spacial score (nSPS) is 15.9. The molecule has 21 heavy (non-hydrogen) atoms. The number of halogens is 2. The topological polar surface area (TPSA) is 59.6 Å². The molecule has 1 fully saturated rings. The lowest BCUT2D eigenvalue weighted by Crippen LogP contribution is -2.54. The minimum atomic E-state index is -0.630. The molecule has 1 aliphatic heterocycles. The van der Waals surface area contributed by atoms with Crippen LogP contribution in [0.5, 0.6) is 5.75 Å². The first-order valence-electron chi connectivity index (χ1n) is 6.41. The van der Waals surface area contributed by atoms with Crippen molar-refractivity contribution < 1.29 is 14.3 Å². The van der Waals surface area contributed by atoms with Gasteiger partial charge < -0.3 is 20.1 Å². The smallest absolute Gasteiger partial charge is 0.331 e. The number of carbonyl (C=O) groups is 1. The van der Waals surface area contributed by atoms with Gasteiger partial charge in [0.15, 0.2) is 0 Å². The van der Waals surface area contributed by atoms with Gasteiger partial charge in [-0.1, -0.05) is 0 Å². The summed E-state index contributed by atoms with van der Waals surface area (Å²) >= 11 is 0. The highest BCUT2D eigenvalue weighted by atomic mass is 35.5. The van der Waals surface area contributed by atoms with Gasteiger partial charge in [0.2, 0.25) is 0 Å². The summed E-state index contributed by atoms with van der Waals surface area (Å²) in [6.07, 6.45) is 1.43. The SMILES string of the molecule is COC(=O)C1(Nc2ccc(OC)cc2)CCNCC1.Cl.Cl. The molecule has 0 atom stereocenters. The standard InChI is InChI=1S/C14H20N2O3.2ClH/c1-18-12-5-3-11(4-6-12)16-14(13(17)19-2)7-9-15-10-8-14;;/h3-6,15-16H,7-10H2,1-2H3;2*1H. The zero-order valence-corrected chi connectivity index (χ0v) is 13.8. The summed E-state index contributed by atoms with van der Waals surface area (Å²) in [5.74, 6) is 0.591. The van der Waals surface area contributed by atoms with Crippen molar-refractivity contribution in [1.82, 2.24) is 5.32 Å². The lowest BCUT2D eigenvalue weighted by Gasteiger charge is -2.36. The fraction of sp³-hybridized carbons (Fsp3) is 0.500. The fourth-order valence-corrected chi connectivity index (χ4v) is 2.38. The third kappa shape index (κ3) is 4.66. The number of methoxy groups -OCH3 is 2. The maximum Gasteiger partial charge on any atom is 0.331 e. The monoisotopic (exact) mass is 336 g/mol. The number of anilines is 1. The number of ether oxygens (including phenoxy) is 2. The van der Waals surface area contributed by atoms with Crippen molar-refractivity contribution in [2.45, 2.75) is 18.4 Å². The molecule has 5 nitrogen and oxygen atoms in total. The Balaban J connectivity index is 0.00000200. The summed E-state index contributed by atoms with van der Waals surface area (Å²) in [5.41, 5.74) is 0.266. The van der Waals surface area contributed by atoms with E-state index in [1.54, 1.807) is 7.11 Å². The van der Waals surface area contributed by atoms with Crippen molar-refractivity contribution in [3.8, 4) is 5.75 Å². The zero-order valence-electron chi connectivity index (χ0n) is 12.2. The van der Waals surface area contributed by atoms with Crippen LogP contribution in [0.15, 0.2) is 24.3 Å². The third-order valence-electron chi connectivity index (χ3n) is 3.51. The number of esters is 1. The molecular formula is C14H22Cl2N2O3. The Morgan fingerprint density at radius 1 is 1.14 bits per heavy atom. The van der Waals surface area contributed by atoms with Crippen LogP contribution in [0, 0.1) is 0 Å². The first kappa shape index (κ1) is 19.8. The van der Waals surface area contributed by atoms with Crippen molar-refractivity contribution in [1.29, 1.82) is 0 Å². The minimum absolute atomic E-state index is 0. The molecule has 0 saturated carbocycles. The third-order valence-corrected chi connectivity index (χ3v) is 3.51. The minimum Gasteiger partial charge on any atom is -0.497 e. The summed E-state index contributed by atoms with van der Waals surface area (Å²) in [4.78, 5) is 12.1. The first-order valence-corrected chi connectivity index (χ1v) is 6.41. The van der Waals surface area contributed by atoms with E-state index in [4.69, 9.17) is 9.47 Å². The van der Waals surface area contributed by atoms with Crippen LogP contribution in [0.4, 0.5) is 5.69 Å². The van der Waals surface area contributed by atoms with Crippen molar-refractivity contribution in [3.63, 3.8) is 0 Å². The van der Waals surface area contributed by atoms with Crippen LogP contribution in [0.2, 0.25) is 0 Å². The Hall–Kier alpha value is -1.17. The van der Waals surface area contributed by atoms with Gasteiger partial charge in [-0.15, -0.1) is 24.8 Å². The second-order valence-corrected chi connectivity index (χ2v) is 4.68. The van der Waals surface area contributed by atoms with E-state index in [9.17, 15) is 4.79 Å². The lowest BCUT2D eigenvalue weighted by molar-refractivity contribution is -0.147. The number of hydrogen-bond acceptors (Lipinski definition) is 5. The predicted octanol–water partition coefficient (Wildman–Crippen LogP) is 2.25. The van der Waals surface area contributed by atoms with Crippen molar-refractivity contribution >= 4 is 36.5 Å². The highest BCUT2D eigenvalue weighted by molar-refractivity contribution is 5.86. The molecule has 2 rings (SSSR count). The van der Waals surface area contributed by atoms with E-state index < -0.39 is 5.54 Å². The van der Waals surface area contributed by atoms with Crippen molar-refractivity contribution in [2.75, 3.05) is 32.6 Å². The van der Waals surface area contributed by atoms with Gasteiger partial charge in [-0.25, -0.2) is 4.79 Å². The molecule has 7 heteroatoms. The van der Waals surface area contributed by atoms with Crippen molar-refractivity contribution in [2.24, 2.45) is 0 Å². The first-order chi connectivity index (χ1) is 9.20. The highest BCUT2D eigenvalue weighted by Gasteiger charge is 2.40. The number of carbonyl (C=O) groups excluding carboxylic acids is 1. The highest BCUT2D eigenvalue weighted by Crippen LogP contribution is 2.26. The second kappa shape index (κ2) is 8.97. The van der Waals surface area contributed by atoms with Crippen LogP contribution in [0.3, 0.4) is 0 Å². The number of benzene rings is 1. The summed E-state index contributed by atoms with van der Waals surface area (Å²) in [7, 11) is 3.06. The van der Waals surface area contributed by atoms with Crippen LogP contribution in [0.1, 0.15) is 12.8 Å². The van der Waals surface area contributed by atoms with Crippen LogP contribution in [-0.2, 0) is 9.53 Å². The fourth-order valence-electron chi connectivity index (χ4n) is 2.38. The Kier molecular flexibility index (Phi) is 8.47. The van der Waals surface area contributed by atoms with E-state index in [-0.39, 0.29) is 30.8 Å². The summed E-state index contributed by atoms with van der Waals surface area (Å²) in [6, 6.07) is 7.56. The van der Waals surface area contributed by atoms with Gasteiger partial charge in [0, 0.05) is 5.69 Å².